The van der Waals surface area contributed by atoms with Crippen LogP contribution in [-0.2, 0) is 0 Å². The highest BCUT2D eigenvalue weighted by Gasteiger charge is 2.38. The lowest BCUT2D eigenvalue weighted by Crippen LogP contribution is -2.31. The molecule has 2 heterocycles. The number of halogens is 1. The van der Waals surface area contributed by atoms with Crippen LogP contribution in [0.3, 0.4) is 0 Å². The zero-order valence-electron chi connectivity index (χ0n) is 11.0. The molecule has 3 rings (SSSR count). The third-order valence-corrected chi connectivity index (χ3v) is 3.99. The van der Waals surface area contributed by atoms with E-state index in [0.29, 0.717) is 11.8 Å². The molecular formula is C14H19ClN2O2. The fourth-order valence-electron chi connectivity index (χ4n) is 2.96. The molecule has 0 aliphatic carbocycles. The minimum atomic E-state index is 0. The van der Waals surface area contributed by atoms with Gasteiger partial charge in [-0.05, 0) is 30.0 Å². The lowest BCUT2D eigenvalue weighted by molar-refractivity contribution is 0.0781. The number of carbonyl (C=O) groups excluding carboxylic acids is 1. The second kappa shape index (κ2) is 5.80. The van der Waals surface area contributed by atoms with E-state index in [1.165, 1.54) is 0 Å². The molecule has 0 unspecified atom stereocenters. The van der Waals surface area contributed by atoms with Crippen molar-refractivity contribution in [1.29, 1.82) is 0 Å². The van der Waals surface area contributed by atoms with Gasteiger partial charge in [0.1, 0.15) is 5.75 Å². The van der Waals surface area contributed by atoms with E-state index >= 15 is 0 Å². The maximum atomic E-state index is 12.4. The second-order valence-electron chi connectivity index (χ2n) is 5.12. The van der Waals surface area contributed by atoms with E-state index in [4.69, 9.17) is 4.74 Å². The summed E-state index contributed by atoms with van der Waals surface area (Å²) in [6.07, 6.45) is 0. The average molecular weight is 283 g/mol. The predicted octanol–water partition coefficient (Wildman–Crippen LogP) is 1.41. The molecule has 0 bridgehead atoms. The Kier molecular flexibility index (Phi) is 4.32. The molecule has 0 radical (unpaired) electrons. The number of ether oxygens (including phenoxy) is 1. The molecule has 1 aromatic rings. The van der Waals surface area contributed by atoms with Crippen LogP contribution in [0.1, 0.15) is 10.4 Å². The van der Waals surface area contributed by atoms with Gasteiger partial charge >= 0.3 is 0 Å². The molecule has 1 aromatic carbocycles. The van der Waals surface area contributed by atoms with Crippen LogP contribution in [0.4, 0.5) is 0 Å². The topological polar surface area (TPSA) is 41.6 Å². The molecule has 104 valence electrons. The Morgan fingerprint density at radius 2 is 2.00 bits per heavy atom. The van der Waals surface area contributed by atoms with Crippen molar-refractivity contribution in [3.8, 4) is 5.75 Å². The summed E-state index contributed by atoms with van der Waals surface area (Å²) in [5, 5.41) is 3.38. The van der Waals surface area contributed by atoms with Crippen LogP contribution < -0.4 is 10.1 Å². The Morgan fingerprint density at radius 1 is 1.32 bits per heavy atom. The molecule has 2 fully saturated rings. The predicted molar refractivity (Wildman–Crippen MR) is 76.0 cm³/mol. The number of rotatable bonds is 2. The summed E-state index contributed by atoms with van der Waals surface area (Å²) in [6.45, 7) is 3.86. The zero-order valence-corrected chi connectivity index (χ0v) is 11.8. The minimum Gasteiger partial charge on any atom is -0.497 e. The van der Waals surface area contributed by atoms with Gasteiger partial charge in [0.25, 0.3) is 5.91 Å². The standard InChI is InChI=1S/C14H18N2O2.ClH/c1-18-13-4-2-3-10(5-13)14(17)16-8-11-6-15-7-12(11)9-16;/h2-5,11-12,15H,6-9H2,1H3;1H/t11-,12+;. The van der Waals surface area contributed by atoms with Gasteiger partial charge in [-0.25, -0.2) is 0 Å². The van der Waals surface area contributed by atoms with Crippen LogP contribution >= 0.6 is 12.4 Å². The number of likely N-dealkylation sites (tertiary alicyclic amines) is 1. The molecule has 0 aromatic heterocycles. The van der Waals surface area contributed by atoms with Crippen molar-refractivity contribution in [2.24, 2.45) is 11.8 Å². The number of fused-ring (bicyclic) bond motifs is 1. The maximum Gasteiger partial charge on any atom is 0.254 e. The molecule has 2 aliphatic heterocycles. The fraction of sp³-hybridized carbons (Fsp3) is 0.500. The fourth-order valence-corrected chi connectivity index (χ4v) is 2.96. The summed E-state index contributed by atoms with van der Waals surface area (Å²) >= 11 is 0. The largest absolute Gasteiger partial charge is 0.497 e. The smallest absolute Gasteiger partial charge is 0.254 e. The monoisotopic (exact) mass is 282 g/mol. The molecule has 1 N–H and O–H groups in total. The molecule has 2 atom stereocenters. The number of amides is 1. The molecule has 19 heavy (non-hydrogen) atoms. The van der Waals surface area contributed by atoms with Gasteiger partial charge in [-0.3, -0.25) is 4.79 Å². The summed E-state index contributed by atoms with van der Waals surface area (Å²) < 4.78 is 5.16. The van der Waals surface area contributed by atoms with Crippen molar-refractivity contribution in [1.82, 2.24) is 10.2 Å². The zero-order chi connectivity index (χ0) is 12.5. The van der Waals surface area contributed by atoms with E-state index in [9.17, 15) is 4.79 Å². The first-order chi connectivity index (χ1) is 8.78. The molecule has 0 saturated carbocycles. The Morgan fingerprint density at radius 3 is 2.63 bits per heavy atom. The summed E-state index contributed by atoms with van der Waals surface area (Å²) in [5.74, 6) is 2.14. The van der Waals surface area contributed by atoms with Crippen LogP contribution in [0.2, 0.25) is 0 Å². The third kappa shape index (κ3) is 2.69. The Labute approximate surface area is 119 Å². The Balaban J connectivity index is 0.00000133. The van der Waals surface area contributed by atoms with Gasteiger partial charge in [0, 0.05) is 31.7 Å². The summed E-state index contributed by atoms with van der Waals surface area (Å²) in [4.78, 5) is 14.4. The molecule has 0 spiro atoms. The number of benzene rings is 1. The van der Waals surface area contributed by atoms with E-state index in [1.807, 2.05) is 29.2 Å². The number of methoxy groups -OCH3 is 1. The first-order valence-corrected chi connectivity index (χ1v) is 6.42. The minimum absolute atomic E-state index is 0. The second-order valence-corrected chi connectivity index (χ2v) is 5.12. The molecule has 2 saturated heterocycles. The van der Waals surface area contributed by atoms with Crippen molar-refractivity contribution in [3.05, 3.63) is 29.8 Å². The lowest BCUT2D eigenvalue weighted by atomic mass is 10.0. The third-order valence-electron chi connectivity index (χ3n) is 3.99. The van der Waals surface area contributed by atoms with Gasteiger partial charge in [-0.15, -0.1) is 12.4 Å². The highest BCUT2D eigenvalue weighted by atomic mass is 35.5. The van der Waals surface area contributed by atoms with E-state index in [0.717, 1.165) is 37.5 Å². The highest BCUT2D eigenvalue weighted by molar-refractivity contribution is 5.94. The van der Waals surface area contributed by atoms with Crippen molar-refractivity contribution in [2.45, 2.75) is 0 Å². The normalized spacial score (nSPS) is 24.8. The summed E-state index contributed by atoms with van der Waals surface area (Å²) in [5.41, 5.74) is 0.724. The van der Waals surface area contributed by atoms with Crippen molar-refractivity contribution < 1.29 is 9.53 Å². The highest BCUT2D eigenvalue weighted by Crippen LogP contribution is 2.27. The SMILES string of the molecule is COc1cccc(C(=O)N2C[C@H]3CNC[C@H]3C2)c1.Cl. The van der Waals surface area contributed by atoms with Gasteiger partial charge in [0.05, 0.1) is 7.11 Å². The van der Waals surface area contributed by atoms with Crippen LogP contribution in [0, 0.1) is 11.8 Å². The van der Waals surface area contributed by atoms with Crippen LogP contribution in [0.25, 0.3) is 0 Å². The Hall–Kier alpha value is -1.26. The molecule has 2 aliphatic rings. The van der Waals surface area contributed by atoms with E-state index < -0.39 is 0 Å². The number of nitrogens with zero attached hydrogens (tertiary/aromatic N) is 1. The van der Waals surface area contributed by atoms with Gasteiger partial charge in [-0.2, -0.15) is 0 Å². The van der Waals surface area contributed by atoms with Gasteiger partial charge in [-0.1, -0.05) is 6.07 Å². The van der Waals surface area contributed by atoms with E-state index in [1.54, 1.807) is 7.11 Å². The summed E-state index contributed by atoms with van der Waals surface area (Å²) in [7, 11) is 1.62. The molecule has 4 nitrogen and oxygen atoms in total. The van der Waals surface area contributed by atoms with Gasteiger partial charge in [0.15, 0.2) is 0 Å². The van der Waals surface area contributed by atoms with Gasteiger partial charge < -0.3 is 15.0 Å². The molecule has 5 heteroatoms. The first-order valence-electron chi connectivity index (χ1n) is 6.42. The molecular weight excluding hydrogens is 264 g/mol. The Bertz CT molecular complexity index is 455. The first kappa shape index (κ1) is 14.2. The van der Waals surface area contributed by atoms with Crippen LogP contribution in [-0.4, -0.2) is 44.1 Å². The molecule has 1 amide bonds. The van der Waals surface area contributed by atoms with Crippen LogP contribution in [0.15, 0.2) is 24.3 Å². The number of nitrogens with one attached hydrogen (secondary N) is 1. The van der Waals surface area contributed by atoms with E-state index in [-0.39, 0.29) is 18.3 Å². The number of hydrogen-bond donors (Lipinski definition) is 1. The van der Waals surface area contributed by atoms with Crippen molar-refractivity contribution in [2.75, 3.05) is 33.3 Å². The quantitative estimate of drug-likeness (QED) is 0.892. The summed E-state index contributed by atoms with van der Waals surface area (Å²) in [6, 6.07) is 7.40. The lowest BCUT2D eigenvalue weighted by Gasteiger charge is -2.17. The number of hydrogen-bond acceptors (Lipinski definition) is 3. The average Bonchev–Trinajstić information content (AvgIpc) is 2.98. The number of carbonyl (C=O) groups is 1. The van der Waals surface area contributed by atoms with Crippen molar-refractivity contribution in [3.63, 3.8) is 0 Å². The van der Waals surface area contributed by atoms with Gasteiger partial charge in [0.2, 0.25) is 0 Å². The maximum absolute atomic E-state index is 12.4. The van der Waals surface area contributed by atoms with Crippen LogP contribution in [0.5, 0.6) is 5.75 Å². The van der Waals surface area contributed by atoms with E-state index in [2.05, 4.69) is 5.32 Å². The van der Waals surface area contributed by atoms with Crippen molar-refractivity contribution >= 4 is 18.3 Å².